The van der Waals surface area contributed by atoms with Gasteiger partial charge in [-0.05, 0) is 87.3 Å². The normalized spacial score (nSPS) is 30.7. The highest BCUT2D eigenvalue weighted by Crippen LogP contribution is 2.49. The van der Waals surface area contributed by atoms with Crippen LogP contribution in [0.4, 0.5) is 13.6 Å². The number of rotatable bonds is 6. The summed E-state index contributed by atoms with van der Waals surface area (Å²) in [4.78, 5) is 76.2. The van der Waals surface area contributed by atoms with E-state index in [1.807, 2.05) is 10.8 Å². The van der Waals surface area contributed by atoms with Crippen LogP contribution in [0.1, 0.15) is 104 Å². The number of nitrogens with one attached hydrogen (secondary N) is 3. The maximum atomic E-state index is 14.8. The molecule has 5 aliphatic rings. The van der Waals surface area contributed by atoms with Crippen LogP contribution in [0.25, 0.3) is 10.9 Å². The van der Waals surface area contributed by atoms with Gasteiger partial charge in [0.25, 0.3) is 17.5 Å². The molecule has 3 heterocycles. The Labute approximate surface area is 347 Å². The summed E-state index contributed by atoms with van der Waals surface area (Å²) >= 11 is 0. The predicted octanol–water partition coefficient (Wildman–Crippen LogP) is 3.88. The summed E-state index contributed by atoms with van der Waals surface area (Å²) in [6, 6.07) is 3.67. The van der Waals surface area contributed by atoms with Crippen molar-refractivity contribution in [2.24, 2.45) is 23.2 Å². The summed E-state index contributed by atoms with van der Waals surface area (Å²) in [5.41, 5.74) is -3.21. The van der Waals surface area contributed by atoms with Crippen molar-refractivity contribution < 1.29 is 45.9 Å². The molecule has 1 aromatic carbocycles. The number of hydrogen-bond acceptors (Lipinski definition) is 11. The number of amides is 4. The molecule has 7 rings (SSSR count). The number of carbonyl (C=O) groups is 4. The summed E-state index contributed by atoms with van der Waals surface area (Å²) in [5, 5.41) is 15.0. The zero-order valence-electron chi connectivity index (χ0n) is 34.5. The molecule has 0 unspecified atom stereocenters. The molecular formula is C41H53F2N7O9S. The summed E-state index contributed by atoms with van der Waals surface area (Å²) in [6.45, 7) is 8.57. The standard InChI is InChI=1S/C41H53F2N7O9S/c1-22-15-24-9-7-6-8-14-49-34(52)26-11-10-23(20-44)17-28(26)45-37(49)58-25-18-29(50(21-25)35(53)31(39(2,3)4)46-38(55)59-30(24)16-22)33(51)47-41(19-27(41)32(42)43)36(54)48-60(56,57)40(5)12-13-40/h10-11,17,22,24-25,27,29-32H,6-9,12-16,18-19,21H2,1-5H3,(H,46,55)(H,47,51)(H,48,54)/t22-,24-,25-,27+,29+,30-,31-,41-/m1/s1. The Morgan fingerprint density at radius 3 is 2.47 bits per heavy atom. The number of alkyl carbamates (subject to hydrolysis) is 1. The lowest BCUT2D eigenvalue weighted by Gasteiger charge is -2.35. The van der Waals surface area contributed by atoms with Crippen LogP contribution in [-0.4, -0.2) is 94.2 Å². The minimum atomic E-state index is -4.27. The van der Waals surface area contributed by atoms with Gasteiger partial charge in [0.1, 0.15) is 29.8 Å². The van der Waals surface area contributed by atoms with E-state index in [0.717, 1.165) is 30.6 Å². The molecule has 2 aliphatic heterocycles. The molecule has 0 spiro atoms. The van der Waals surface area contributed by atoms with E-state index in [9.17, 15) is 46.4 Å². The van der Waals surface area contributed by atoms with Gasteiger partial charge >= 0.3 is 6.09 Å². The first-order valence-corrected chi connectivity index (χ1v) is 22.2. The smallest absolute Gasteiger partial charge is 0.408 e. The number of nitrogens with zero attached hydrogens (tertiary/aromatic N) is 4. The Balaban J connectivity index is 1.26. The van der Waals surface area contributed by atoms with Gasteiger partial charge in [0.2, 0.25) is 28.3 Å². The van der Waals surface area contributed by atoms with Crippen LogP contribution < -0.4 is 25.7 Å². The first kappa shape index (κ1) is 43.2. The van der Waals surface area contributed by atoms with Crippen LogP contribution >= 0.6 is 0 Å². The molecule has 3 saturated carbocycles. The van der Waals surface area contributed by atoms with Gasteiger partial charge in [0.15, 0.2) is 0 Å². The number of ether oxygens (including phenoxy) is 2. The largest absolute Gasteiger partial charge is 0.459 e. The van der Waals surface area contributed by atoms with Gasteiger partial charge in [-0.3, -0.25) is 28.5 Å². The lowest BCUT2D eigenvalue weighted by atomic mass is 9.85. The fourth-order valence-corrected chi connectivity index (χ4v) is 10.3. The second kappa shape index (κ2) is 15.9. The first-order chi connectivity index (χ1) is 28.2. The fourth-order valence-electron chi connectivity index (χ4n) is 8.98. The average Bonchev–Trinajstić information content (AvgIpc) is 4.02. The van der Waals surface area contributed by atoms with Gasteiger partial charge < -0.3 is 25.0 Å². The quantitative estimate of drug-likeness (QED) is 0.379. The Morgan fingerprint density at radius 2 is 1.82 bits per heavy atom. The minimum Gasteiger partial charge on any atom is -0.459 e. The van der Waals surface area contributed by atoms with Gasteiger partial charge in [0.05, 0.1) is 39.7 Å². The highest BCUT2D eigenvalue weighted by atomic mass is 32.2. The van der Waals surface area contributed by atoms with Crippen molar-refractivity contribution in [2.45, 2.75) is 146 Å². The number of fused-ring (bicyclic) bond motifs is 5. The van der Waals surface area contributed by atoms with E-state index in [4.69, 9.17) is 9.47 Å². The molecule has 3 N–H and O–H groups in total. The molecule has 16 nitrogen and oxygen atoms in total. The Kier molecular flexibility index (Phi) is 11.4. The molecule has 326 valence electrons. The van der Waals surface area contributed by atoms with Crippen LogP contribution in [0, 0.1) is 34.5 Å². The van der Waals surface area contributed by atoms with Crippen molar-refractivity contribution in [3.8, 4) is 12.1 Å². The van der Waals surface area contributed by atoms with Crippen molar-refractivity contribution in [1.29, 1.82) is 5.26 Å². The van der Waals surface area contributed by atoms with Crippen molar-refractivity contribution >= 4 is 44.7 Å². The molecule has 2 aromatic rings. The Bertz CT molecular complexity index is 2290. The maximum absolute atomic E-state index is 14.8. The zero-order chi connectivity index (χ0) is 43.5. The second-order valence-electron chi connectivity index (χ2n) is 18.7. The van der Waals surface area contributed by atoms with Crippen molar-refractivity contribution in [2.75, 3.05) is 6.54 Å². The summed E-state index contributed by atoms with van der Waals surface area (Å²) in [5.74, 6) is -4.38. The number of benzene rings is 1. The number of halogens is 2. The SMILES string of the molecule is C[C@@H]1C[C@H]2CCCCCn3c(nc4cc(C#N)ccc4c3=O)O[C@@H]3C[C@@H](C(=O)N[C@]4(C(=O)NS(=O)(=O)C5(C)CC5)C[C@H]4C(F)F)N(C3)C(=O)[C@H](C(C)(C)C)NC(=O)O[C@@H]2C1. The highest BCUT2D eigenvalue weighted by Gasteiger charge is 2.67. The summed E-state index contributed by atoms with van der Waals surface area (Å²) in [6.07, 6.45) is -1.25. The van der Waals surface area contributed by atoms with E-state index in [1.165, 1.54) is 29.7 Å². The van der Waals surface area contributed by atoms with Gasteiger partial charge in [-0.1, -0.05) is 40.5 Å². The number of nitriles is 1. The van der Waals surface area contributed by atoms with E-state index in [2.05, 4.69) is 22.5 Å². The molecule has 4 fully saturated rings. The number of aromatic nitrogens is 2. The molecular weight excluding hydrogens is 805 g/mol. The van der Waals surface area contributed by atoms with Crippen LogP contribution in [0.15, 0.2) is 23.0 Å². The Hall–Kier alpha value is -4.86. The zero-order valence-corrected chi connectivity index (χ0v) is 35.3. The fraction of sp³-hybridized carbons (Fsp3) is 0.683. The van der Waals surface area contributed by atoms with E-state index in [-0.39, 0.29) is 60.7 Å². The Morgan fingerprint density at radius 1 is 1.08 bits per heavy atom. The predicted molar refractivity (Wildman–Crippen MR) is 212 cm³/mol. The van der Waals surface area contributed by atoms with E-state index >= 15 is 0 Å². The molecule has 19 heteroatoms. The molecule has 1 aromatic heterocycles. The van der Waals surface area contributed by atoms with Crippen LogP contribution in [0.5, 0.6) is 6.01 Å². The van der Waals surface area contributed by atoms with Crippen molar-refractivity contribution in [3.05, 3.63) is 34.1 Å². The molecule has 1 saturated heterocycles. The molecule has 8 atom stereocenters. The summed E-state index contributed by atoms with van der Waals surface area (Å²) in [7, 11) is -4.27. The molecule has 4 amide bonds. The van der Waals surface area contributed by atoms with Crippen molar-refractivity contribution in [3.63, 3.8) is 0 Å². The number of alkyl halides is 2. The van der Waals surface area contributed by atoms with E-state index in [1.54, 1.807) is 20.8 Å². The molecule has 2 bridgehead atoms. The third-order valence-electron chi connectivity index (χ3n) is 13.0. The third kappa shape index (κ3) is 8.40. The number of carbonyl (C=O) groups excluding carboxylic acids is 4. The van der Waals surface area contributed by atoms with Crippen LogP contribution in [0.3, 0.4) is 0 Å². The molecule has 60 heavy (non-hydrogen) atoms. The summed E-state index contributed by atoms with van der Waals surface area (Å²) < 4.78 is 69.1. The van der Waals surface area contributed by atoms with Gasteiger partial charge in [-0.2, -0.15) is 10.2 Å². The number of hydrogen-bond donors (Lipinski definition) is 3. The molecule has 3 aliphatic carbocycles. The average molecular weight is 858 g/mol. The monoisotopic (exact) mass is 857 g/mol. The van der Waals surface area contributed by atoms with Crippen LogP contribution in [0.2, 0.25) is 0 Å². The maximum Gasteiger partial charge on any atom is 0.408 e. The first-order valence-electron chi connectivity index (χ1n) is 20.7. The van der Waals surface area contributed by atoms with Gasteiger partial charge in [0, 0.05) is 13.0 Å². The highest BCUT2D eigenvalue weighted by molar-refractivity contribution is 7.91. The lowest BCUT2D eigenvalue weighted by Crippen LogP contribution is -2.60. The van der Waals surface area contributed by atoms with E-state index < -0.39 is 98.2 Å². The lowest BCUT2D eigenvalue weighted by molar-refractivity contribution is -0.143. The van der Waals surface area contributed by atoms with Gasteiger partial charge in [-0.15, -0.1) is 0 Å². The second-order valence-corrected chi connectivity index (χ2v) is 20.9. The third-order valence-corrected chi connectivity index (χ3v) is 15.2. The van der Waals surface area contributed by atoms with Crippen LogP contribution in [-0.2, 0) is 35.7 Å². The van der Waals surface area contributed by atoms with E-state index in [0.29, 0.717) is 18.8 Å². The van der Waals surface area contributed by atoms with Gasteiger partial charge in [-0.25, -0.2) is 22.0 Å². The number of sulfonamides is 1. The molecule has 0 radical (unpaired) electrons. The minimum absolute atomic E-state index is 0.0743. The topological polar surface area (TPSA) is 219 Å². The van der Waals surface area contributed by atoms with Crippen molar-refractivity contribution in [1.82, 2.24) is 29.8 Å².